The van der Waals surface area contributed by atoms with Crippen molar-refractivity contribution in [2.24, 2.45) is 5.92 Å². The molecule has 1 fully saturated rings. The predicted octanol–water partition coefficient (Wildman–Crippen LogP) is 3.05. The summed E-state index contributed by atoms with van der Waals surface area (Å²) in [6.45, 7) is 7.20. The summed E-state index contributed by atoms with van der Waals surface area (Å²) in [7, 11) is 1.69. The Kier molecular flexibility index (Phi) is 5.76. The molecule has 120 valence electrons. The Morgan fingerprint density at radius 3 is 2.67 bits per heavy atom. The highest BCUT2D eigenvalue weighted by Gasteiger charge is 2.31. The van der Waals surface area contributed by atoms with E-state index in [4.69, 9.17) is 9.26 Å². The summed E-state index contributed by atoms with van der Waals surface area (Å²) < 4.78 is 11.0. The van der Waals surface area contributed by atoms with Crippen molar-refractivity contribution in [3.8, 4) is 0 Å². The van der Waals surface area contributed by atoms with E-state index in [0.29, 0.717) is 11.9 Å². The highest BCUT2D eigenvalue weighted by molar-refractivity contribution is 5.00. The van der Waals surface area contributed by atoms with E-state index < -0.39 is 5.60 Å². The molecule has 21 heavy (non-hydrogen) atoms. The number of methoxy groups -OCH3 is 1. The summed E-state index contributed by atoms with van der Waals surface area (Å²) >= 11 is 0. The maximum Gasteiger partial charge on any atom is 0.228 e. The Labute approximate surface area is 127 Å². The highest BCUT2D eigenvalue weighted by Crippen LogP contribution is 2.30. The predicted molar refractivity (Wildman–Crippen MR) is 82.1 cm³/mol. The number of nitrogens with zero attached hydrogens (tertiary/aromatic N) is 2. The second kappa shape index (κ2) is 7.36. The first kappa shape index (κ1) is 16.4. The first-order chi connectivity index (χ1) is 10.1. The van der Waals surface area contributed by atoms with Crippen molar-refractivity contribution in [2.45, 2.75) is 70.9 Å². The molecule has 2 unspecified atom stereocenters. The van der Waals surface area contributed by atoms with E-state index in [0.717, 1.165) is 31.2 Å². The second-order valence-electron chi connectivity index (χ2n) is 6.21. The minimum atomic E-state index is -0.456. The Bertz CT molecular complexity index is 423. The van der Waals surface area contributed by atoms with Gasteiger partial charge in [0.05, 0.1) is 0 Å². The normalized spacial score (nSPS) is 20.6. The van der Waals surface area contributed by atoms with Crippen molar-refractivity contribution in [3.63, 3.8) is 0 Å². The van der Waals surface area contributed by atoms with E-state index >= 15 is 0 Å². The third-order valence-electron chi connectivity index (χ3n) is 4.90. The Hall–Kier alpha value is -0.940. The molecule has 5 nitrogen and oxygen atoms in total. The molecular formula is C16H29N3O2. The van der Waals surface area contributed by atoms with E-state index in [2.05, 4.69) is 29.3 Å². The zero-order valence-electron chi connectivity index (χ0n) is 13.8. The molecule has 0 aromatic carbocycles. The first-order valence-corrected chi connectivity index (χ1v) is 8.24. The lowest BCUT2D eigenvalue weighted by Crippen LogP contribution is -2.37. The summed E-state index contributed by atoms with van der Waals surface area (Å²) in [5.74, 6) is 2.11. The lowest BCUT2D eigenvalue weighted by atomic mass is 9.95. The number of likely N-dealkylation sites (N-methyl/N-ethyl adjacent to an activating group) is 1. The number of rotatable bonds is 8. The van der Waals surface area contributed by atoms with Crippen LogP contribution in [0, 0.1) is 5.92 Å². The van der Waals surface area contributed by atoms with Gasteiger partial charge in [0.25, 0.3) is 0 Å². The van der Waals surface area contributed by atoms with Gasteiger partial charge in [0, 0.05) is 19.6 Å². The van der Waals surface area contributed by atoms with E-state index in [9.17, 15) is 0 Å². The van der Waals surface area contributed by atoms with Crippen molar-refractivity contribution in [1.29, 1.82) is 0 Å². The summed E-state index contributed by atoms with van der Waals surface area (Å²) in [6, 6.07) is 0.446. The Balaban J connectivity index is 2.05. The molecular weight excluding hydrogens is 266 g/mol. The average molecular weight is 295 g/mol. The quantitative estimate of drug-likeness (QED) is 0.798. The van der Waals surface area contributed by atoms with E-state index in [1.807, 2.05) is 6.92 Å². The third-order valence-corrected chi connectivity index (χ3v) is 4.90. The van der Waals surface area contributed by atoms with Crippen molar-refractivity contribution >= 4 is 0 Å². The van der Waals surface area contributed by atoms with Crippen molar-refractivity contribution in [1.82, 2.24) is 15.5 Å². The molecule has 2 atom stereocenters. The number of hydrogen-bond acceptors (Lipinski definition) is 5. The zero-order chi connectivity index (χ0) is 15.3. The zero-order valence-corrected chi connectivity index (χ0v) is 13.8. The molecule has 1 aromatic rings. The SMILES string of the molecule is CCNC(Cc1nc(C(C)(CC)OC)no1)C1CCCC1. The fourth-order valence-corrected chi connectivity index (χ4v) is 3.16. The highest BCUT2D eigenvalue weighted by atomic mass is 16.5. The van der Waals surface area contributed by atoms with E-state index in [-0.39, 0.29) is 0 Å². The number of nitrogens with one attached hydrogen (secondary N) is 1. The van der Waals surface area contributed by atoms with Gasteiger partial charge in [-0.15, -0.1) is 0 Å². The molecule has 0 bridgehead atoms. The van der Waals surface area contributed by atoms with Crippen LogP contribution in [0.4, 0.5) is 0 Å². The third kappa shape index (κ3) is 3.83. The molecule has 5 heteroatoms. The number of ether oxygens (including phenoxy) is 1. The van der Waals surface area contributed by atoms with E-state index in [1.165, 1.54) is 25.7 Å². The fraction of sp³-hybridized carbons (Fsp3) is 0.875. The van der Waals surface area contributed by atoms with Crippen LogP contribution in [-0.4, -0.2) is 29.8 Å². The molecule has 1 aliphatic carbocycles. The van der Waals surface area contributed by atoms with Crippen LogP contribution in [0.5, 0.6) is 0 Å². The lowest BCUT2D eigenvalue weighted by molar-refractivity contribution is -0.0106. The molecule has 0 spiro atoms. The summed E-state index contributed by atoms with van der Waals surface area (Å²) in [5, 5.41) is 7.72. The number of aromatic nitrogens is 2. The van der Waals surface area contributed by atoms with Crippen LogP contribution in [0.25, 0.3) is 0 Å². The fourth-order valence-electron chi connectivity index (χ4n) is 3.16. The van der Waals surface area contributed by atoms with Gasteiger partial charge in [0.2, 0.25) is 11.7 Å². The standard InChI is InChI=1S/C16H29N3O2/c1-5-16(3,20-4)15-18-14(21-19-15)11-13(17-6-2)12-9-7-8-10-12/h12-13,17H,5-11H2,1-4H3. The van der Waals surface area contributed by atoms with Crippen LogP contribution in [0.1, 0.15) is 64.6 Å². The molecule has 1 heterocycles. The van der Waals surface area contributed by atoms with Crippen LogP contribution < -0.4 is 5.32 Å². The summed E-state index contributed by atoms with van der Waals surface area (Å²) in [6.07, 6.45) is 6.95. The van der Waals surface area contributed by atoms with Crippen LogP contribution in [-0.2, 0) is 16.8 Å². The van der Waals surface area contributed by atoms with Gasteiger partial charge in [-0.1, -0.05) is 31.8 Å². The first-order valence-electron chi connectivity index (χ1n) is 8.24. The van der Waals surface area contributed by atoms with Gasteiger partial charge in [-0.2, -0.15) is 4.98 Å². The van der Waals surface area contributed by atoms with Gasteiger partial charge in [-0.3, -0.25) is 0 Å². The van der Waals surface area contributed by atoms with Crippen LogP contribution >= 0.6 is 0 Å². The minimum absolute atomic E-state index is 0.446. The van der Waals surface area contributed by atoms with Crippen LogP contribution in [0.15, 0.2) is 4.52 Å². The monoisotopic (exact) mass is 295 g/mol. The van der Waals surface area contributed by atoms with Crippen LogP contribution in [0.3, 0.4) is 0 Å². The molecule has 0 amide bonds. The maximum atomic E-state index is 5.54. The Morgan fingerprint density at radius 2 is 2.10 bits per heavy atom. The molecule has 0 saturated heterocycles. The molecule has 1 saturated carbocycles. The van der Waals surface area contributed by atoms with Crippen molar-refractivity contribution in [2.75, 3.05) is 13.7 Å². The van der Waals surface area contributed by atoms with Gasteiger partial charge in [-0.05, 0) is 38.6 Å². The Morgan fingerprint density at radius 1 is 1.38 bits per heavy atom. The lowest BCUT2D eigenvalue weighted by Gasteiger charge is -2.23. The van der Waals surface area contributed by atoms with Gasteiger partial charge in [-0.25, -0.2) is 0 Å². The topological polar surface area (TPSA) is 60.2 Å². The van der Waals surface area contributed by atoms with E-state index in [1.54, 1.807) is 7.11 Å². The van der Waals surface area contributed by atoms with Gasteiger partial charge in [0.15, 0.2) is 0 Å². The summed E-state index contributed by atoms with van der Waals surface area (Å²) in [5.41, 5.74) is -0.456. The molecule has 1 aromatic heterocycles. The van der Waals surface area contributed by atoms with Crippen molar-refractivity contribution < 1.29 is 9.26 Å². The minimum Gasteiger partial charge on any atom is -0.370 e. The largest absolute Gasteiger partial charge is 0.370 e. The molecule has 1 aliphatic rings. The van der Waals surface area contributed by atoms with Gasteiger partial charge in [0.1, 0.15) is 5.60 Å². The molecule has 2 rings (SSSR count). The maximum absolute atomic E-state index is 5.54. The van der Waals surface area contributed by atoms with Gasteiger partial charge >= 0.3 is 0 Å². The average Bonchev–Trinajstić information content (AvgIpc) is 3.17. The summed E-state index contributed by atoms with van der Waals surface area (Å²) in [4.78, 5) is 4.57. The second-order valence-corrected chi connectivity index (χ2v) is 6.21. The van der Waals surface area contributed by atoms with Gasteiger partial charge < -0.3 is 14.6 Å². The van der Waals surface area contributed by atoms with Crippen LogP contribution in [0.2, 0.25) is 0 Å². The molecule has 0 radical (unpaired) electrons. The van der Waals surface area contributed by atoms with Crippen molar-refractivity contribution in [3.05, 3.63) is 11.7 Å². The molecule has 1 N–H and O–H groups in total. The number of hydrogen-bond donors (Lipinski definition) is 1. The molecule has 0 aliphatic heterocycles. The smallest absolute Gasteiger partial charge is 0.228 e.